The first-order valence-corrected chi connectivity index (χ1v) is 5.54. The zero-order chi connectivity index (χ0) is 11.3. The van der Waals surface area contributed by atoms with Crippen LogP contribution in [0, 0.1) is 0 Å². The van der Waals surface area contributed by atoms with Crippen LogP contribution in [-0.2, 0) is 9.53 Å². The smallest absolute Gasteiger partial charge is 0.333 e. The van der Waals surface area contributed by atoms with E-state index in [9.17, 15) is 4.79 Å². The average Bonchev–Trinajstić information content (AvgIpc) is 2.69. The van der Waals surface area contributed by atoms with Crippen LogP contribution in [0.5, 0.6) is 0 Å². The van der Waals surface area contributed by atoms with Crippen molar-refractivity contribution in [1.82, 2.24) is 0 Å². The maximum absolute atomic E-state index is 11.4. The van der Waals surface area contributed by atoms with Crippen LogP contribution < -0.4 is 0 Å². The minimum absolute atomic E-state index is 0.230. The fraction of sp³-hybridized carbons (Fsp3) is 0.250. The fourth-order valence-electron chi connectivity index (χ4n) is 1.08. The molecule has 15 heavy (non-hydrogen) atoms. The number of ether oxygens (including phenoxy) is 1. The lowest BCUT2D eigenvalue weighted by molar-refractivity contribution is -0.144. The van der Waals surface area contributed by atoms with E-state index in [0.29, 0.717) is 12.0 Å². The Bertz CT molecular complexity index is 352. The van der Waals surface area contributed by atoms with E-state index in [-0.39, 0.29) is 12.1 Å². The van der Waals surface area contributed by atoms with Gasteiger partial charge in [-0.3, -0.25) is 0 Å². The predicted octanol–water partition coefficient (Wildman–Crippen LogP) is 3.48. The maximum Gasteiger partial charge on any atom is 0.333 e. The van der Waals surface area contributed by atoms with E-state index < -0.39 is 0 Å². The molecule has 80 valence electrons. The summed E-state index contributed by atoms with van der Waals surface area (Å²) in [7, 11) is 0. The summed E-state index contributed by atoms with van der Waals surface area (Å²) in [5.74, 6) is -0.352. The molecule has 3 heteroatoms. The standard InChI is InChI=1S/C12H14O2S/c1-4-6-10(11-7-5-8-15-11)14-12(13)9(2)3/h4-5,7-8,10H,1-2,6H2,3H3/t10-/m0/s1. The van der Waals surface area contributed by atoms with Gasteiger partial charge in [0.2, 0.25) is 0 Å². The summed E-state index contributed by atoms with van der Waals surface area (Å²) in [4.78, 5) is 12.4. The van der Waals surface area contributed by atoms with E-state index in [1.807, 2.05) is 17.5 Å². The molecule has 0 radical (unpaired) electrons. The molecule has 0 fully saturated rings. The van der Waals surface area contributed by atoms with Crippen molar-refractivity contribution in [2.45, 2.75) is 19.4 Å². The maximum atomic E-state index is 11.4. The van der Waals surface area contributed by atoms with Gasteiger partial charge in [-0.1, -0.05) is 18.7 Å². The van der Waals surface area contributed by atoms with E-state index in [0.717, 1.165) is 4.88 Å². The lowest BCUT2D eigenvalue weighted by Gasteiger charge is -2.14. The Morgan fingerprint density at radius 2 is 2.47 bits per heavy atom. The third-order valence-electron chi connectivity index (χ3n) is 1.84. The molecule has 1 rings (SSSR count). The molecule has 0 aliphatic carbocycles. The van der Waals surface area contributed by atoms with Crippen molar-refractivity contribution in [3.8, 4) is 0 Å². The molecule has 1 aromatic rings. The van der Waals surface area contributed by atoms with Gasteiger partial charge < -0.3 is 4.74 Å². The summed E-state index contributed by atoms with van der Waals surface area (Å²) in [6.07, 6.45) is 2.14. The highest BCUT2D eigenvalue weighted by Gasteiger charge is 2.16. The van der Waals surface area contributed by atoms with Gasteiger partial charge in [0.1, 0.15) is 6.10 Å². The second-order valence-electron chi connectivity index (χ2n) is 3.21. The number of rotatable bonds is 5. The Hall–Kier alpha value is -1.35. The van der Waals surface area contributed by atoms with Gasteiger partial charge in [-0.05, 0) is 18.4 Å². The van der Waals surface area contributed by atoms with Gasteiger partial charge >= 0.3 is 5.97 Å². The van der Waals surface area contributed by atoms with Crippen LogP contribution in [-0.4, -0.2) is 5.97 Å². The van der Waals surface area contributed by atoms with E-state index in [2.05, 4.69) is 13.2 Å². The van der Waals surface area contributed by atoms with Gasteiger partial charge in [-0.25, -0.2) is 4.79 Å². The normalized spacial score (nSPS) is 11.8. The Kier molecular flexibility index (Phi) is 4.31. The molecule has 0 spiro atoms. The molecule has 1 aromatic heterocycles. The molecule has 0 unspecified atom stereocenters. The molecule has 0 aliphatic heterocycles. The molecule has 0 amide bonds. The van der Waals surface area contributed by atoms with Crippen molar-refractivity contribution in [2.75, 3.05) is 0 Å². The quantitative estimate of drug-likeness (QED) is 0.433. The number of hydrogen-bond acceptors (Lipinski definition) is 3. The highest BCUT2D eigenvalue weighted by Crippen LogP contribution is 2.26. The largest absolute Gasteiger partial charge is 0.453 e. The molecular formula is C12H14O2S. The number of hydrogen-bond donors (Lipinski definition) is 0. The Balaban J connectivity index is 2.71. The zero-order valence-corrected chi connectivity index (χ0v) is 9.55. The molecular weight excluding hydrogens is 208 g/mol. The van der Waals surface area contributed by atoms with Crippen LogP contribution >= 0.6 is 11.3 Å². The number of thiophene rings is 1. The Labute approximate surface area is 93.9 Å². The molecule has 0 aromatic carbocycles. The molecule has 1 atom stereocenters. The summed E-state index contributed by atoms with van der Waals surface area (Å²) in [6.45, 7) is 8.85. The van der Waals surface area contributed by atoms with Crippen LogP contribution in [0.4, 0.5) is 0 Å². The highest BCUT2D eigenvalue weighted by molar-refractivity contribution is 7.10. The minimum Gasteiger partial charge on any atom is -0.453 e. The first kappa shape index (κ1) is 11.7. The SMILES string of the molecule is C=CC[C@H](OC(=O)C(=C)C)c1cccs1. The summed E-state index contributed by atoms with van der Waals surface area (Å²) in [5.41, 5.74) is 0.417. The van der Waals surface area contributed by atoms with Crippen LogP contribution in [0.15, 0.2) is 42.3 Å². The van der Waals surface area contributed by atoms with Gasteiger partial charge in [0.05, 0.1) is 0 Å². The van der Waals surface area contributed by atoms with Crippen LogP contribution in [0.2, 0.25) is 0 Å². The Morgan fingerprint density at radius 1 is 1.73 bits per heavy atom. The van der Waals surface area contributed by atoms with Gasteiger partial charge in [0, 0.05) is 16.9 Å². The summed E-state index contributed by atoms with van der Waals surface area (Å²) in [6, 6.07) is 3.88. The monoisotopic (exact) mass is 222 g/mol. The van der Waals surface area contributed by atoms with Crippen LogP contribution in [0.3, 0.4) is 0 Å². The first-order chi connectivity index (χ1) is 7.15. The molecule has 0 bridgehead atoms. The fourth-order valence-corrected chi connectivity index (χ4v) is 1.85. The van der Waals surface area contributed by atoms with Gasteiger partial charge in [-0.2, -0.15) is 0 Å². The average molecular weight is 222 g/mol. The van der Waals surface area contributed by atoms with E-state index in [1.165, 1.54) is 0 Å². The third kappa shape index (κ3) is 3.36. The van der Waals surface area contributed by atoms with Gasteiger partial charge in [0.15, 0.2) is 0 Å². The van der Waals surface area contributed by atoms with Crippen molar-refractivity contribution in [1.29, 1.82) is 0 Å². The zero-order valence-electron chi connectivity index (χ0n) is 8.73. The lowest BCUT2D eigenvalue weighted by Crippen LogP contribution is -2.10. The topological polar surface area (TPSA) is 26.3 Å². The highest BCUT2D eigenvalue weighted by atomic mass is 32.1. The van der Waals surface area contributed by atoms with Gasteiger partial charge in [-0.15, -0.1) is 17.9 Å². The predicted molar refractivity (Wildman–Crippen MR) is 62.8 cm³/mol. The summed E-state index contributed by atoms with van der Waals surface area (Å²) < 4.78 is 5.30. The van der Waals surface area contributed by atoms with Crippen LogP contribution in [0.25, 0.3) is 0 Å². The van der Waals surface area contributed by atoms with Crippen LogP contribution in [0.1, 0.15) is 24.3 Å². The van der Waals surface area contributed by atoms with Crippen molar-refractivity contribution in [2.24, 2.45) is 0 Å². The first-order valence-electron chi connectivity index (χ1n) is 4.66. The summed E-state index contributed by atoms with van der Waals surface area (Å²) in [5, 5.41) is 1.96. The molecule has 0 N–H and O–H groups in total. The number of carbonyl (C=O) groups is 1. The molecule has 2 nitrogen and oxygen atoms in total. The molecule has 0 saturated carbocycles. The minimum atomic E-state index is -0.352. The number of carbonyl (C=O) groups excluding carboxylic acids is 1. The third-order valence-corrected chi connectivity index (χ3v) is 2.80. The lowest BCUT2D eigenvalue weighted by atomic mass is 10.2. The van der Waals surface area contributed by atoms with Crippen molar-refractivity contribution < 1.29 is 9.53 Å². The van der Waals surface area contributed by atoms with Crippen molar-refractivity contribution in [3.63, 3.8) is 0 Å². The van der Waals surface area contributed by atoms with Crippen molar-refractivity contribution >= 4 is 17.3 Å². The van der Waals surface area contributed by atoms with E-state index in [4.69, 9.17) is 4.74 Å². The van der Waals surface area contributed by atoms with E-state index in [1.54, 1.807) is 24.3 Å². The van der Waals surface area contributed by atoms with Crippen molar-refractivity contribution in [3.05, 3.63) is 47.2 Å². The Morgan fingerprint density at radius 3 is 2.93 bits per heavy atom. The molecule has 1 heterocycles. The molecule has 0 saturated heterocycles. The number of esters is 1. The second-order valence-corrected chi connectivity index (χ2v) is 4.19. The second kappa shape index (κ2) is 5.51. The summed E-state index contributed by atoms with van der Waals surface area (Å²) >= 11 is 1.57. The van der Waals surface area contributed by atoms with E-state index >= 15 is 0 Å². The van der Waals surface area contributed by atoms with Gasteiger partial charge in [0.25, 0.3) is 0 Å². The molecule has 0 aliphatic rings.